The number of nitrogens with zero attached hydrogens (tertiary/aromatic N) is 1. The number of likely N-dealkylation sites (N-methyl/N-ethyl adjacent to an activating group) is 1. The lowest BCUT2D eigenvalue weighted by Gasteiger charge is -2.34. The van der Waals surface area contributed by atoms with Crippen LogP contribution in [0.1, 0.15) is 33.1 Å². The molecule has 1 fully saturated rings. The number of carboxylic acids is 1. The first-order valence-corrected chi connectivity index (χ1v) is 4.85. The summed E-state index contributed by atoms with van der Waals surface area (Å²) in [6.45, 7) is 4.61. The zero-order chi connectivity index (χ0) is 10.1. The molecule has 1 rings (SSSR count). The van der Waals surface area contributed by atoms with E-state index in [1.807, 2.05) is 11.9 Å². The summed E-state index contributed by atoms with van der Waals surface area (Å²) >= 11 is 0. The highest BCUT2D eigenvalue weighted by Gasteiger charge is 2.37. The van der Waals surface area contributed by atoms with Crippen LogP contribution in [0.5, 0.6) is 0 Å². The summed E-state index contributed by atoms with van der Waals surface area (Å²) in [6.07, 6.45) is 3.57. The van der Waals surface area contributed by atoms with Gasteiger partial charge in [0, 0.05) is 6.04 Å². The molecule has 3 nitrogen and oxygen atoms in total. The minimum absolute atomic E-state index is 0.161. The van der Waals surface area contributed by atoms with Crippen LogP contribution in [0, 0.1) is 5.41 Å². The molecule has 0 aliphatic heterocycles. The number of carboxylic acid groups (broad SMARTS) is 1. The monoisotopic (exact) mass is 185 g/mol. The molecule has 0 aromatic rings. The fourth-order valence-corrected chi connectivity index (χ4v) is 2.45. The molecule has 0 aromatic carbocycles. The second-order valence-electron chi connectivity index (χ2n) is 4.71. The third-order valence-corrected chi connectivity index (χ3v) is 3.12. The number of carbonyl (C=O) groups is 1. The molecule has 0 amide bonds. The largest absolute Gasteiger partial charge is 0.480 e. The van der Waals surface area contributed by atoms with E-state index in [2.05, 4.69) is 13.8 Å². The fourth-order valence-electron chi connectivity index (χ4n) is 2.45. The van der Waals surface area contributed by atoms with Gasteiger partial charge in [-0.1, -0.05) is 20.3 Å². The molecular formula is C10H19NO2. The molecule has 1 aliphatic rings. The van der Waals surface area contributed by atoms with Crippen molar-refractivity contribution in [2.24, 2.45) is 5.41 Å². The van der Waals surface area contributed by atoms with Gasteiger partial charge in [0.1, 0.15) is 0 Å². The number of hydrogen-bond acceptors (Lipinski definition) is 2. The molecule has 0 aromatic heterocycles. The first kappa shape index (κ1) is 10.5. The van der Waals surface area contributed by atoms with E-state index < -0.39 is 5.97 Å². The summed E-state index contributed by atoms with van der Waals surface area (Å²) in [5.41, 5.74) is 0.282. The molecule has 3 heteroatoms. The van der Waals surface area contributed by atoms with Crippen molar-refractivity contribution in [3.8, 4) is 0 Å². The highest BCUT2D eigenvalue weighted by Crippen LogP contribution is 2.39. The predicted octanol–water partition coefficient (Wildman–Crippen LogP) is 1.58. The molecule has 1 atom stereocenters. The number of rotatable bonds is 3. The lowest BCUT2D eigenvalue weighted by Crippen LogP contribution is -2.41. The summed E-state index contributed by atoms with van der Waals surface area (Å²) in [7, 11) is 1.91. The summed E-state index contributed by atoms with van der Waals surface area (Å²) < 4.78 is 0. The van der Waals surface area contributed by atoms with Crippen molar-refractivity contribution in [2.75, 3.05) is 13.6 Å². The standard InChI is InChI=1S/C10H19NO2/c1-10(2)6-4-5-8(10)11(3)7-9(12)13/h8H,4-7H2,1-3H3,(H,12,13). The van der Waals surface area contributed by atoms with Crippen LogP contribution in [-0.2, 0) is 4.79 Å². The summed E-state index contributed by atoms with van der Waals surface area (Å²) in [5, 5.41) is 8.67. The maximum absolute atomic E-state index is 10.5. The van der Waals surface area contributed by atoms with Gasteiger partial charge in [0.2, 0.25) is 0 Å². The van der Waals surface area contributed by atoms with Crippen molar-refractivity contribution in [3.63, 3.8) is 0 Å². The highest BCUT2D eigenvalue weighted by atomic mass is 16.4. The van der Waals surface area contributed by atoms with E-state index in [1.54, 1.807) is 0 Å². The van der Waals surface area contributed by atoms with Crippen molar-refractivity contribution in [2.45, 2.75) is 39.2 Å². The molecule has 0 radical (unpaired) electrons. The smallest absolute Gasteiger partial charge is 0.317 e. The van der Waals surface area contributed by atoms with Crippen LogP contribution in [0.15, 0.2) is 0 Å². The Balaban J connectivity index is 2.55. The van der Waals surface area contributed by atoms with Crippen molar-refractivity contribution in [1.29, 1.82) is 0 Å². The Kier molecular flexibility index (Phi) is 2.96. The van der Waals surface area contributed by atoms with Crippen LogP contribution >= 0.6 is 0 Å². The van der Waals surface area contributed by atoms with Crippen molar-refractivity contribution in [1.82, 2.24) is 4.90 Å². The van der Waals surface area contributed by atoms with Gasteiger partial charge in [-0.25, -0.2) is 0 Å². The van der Waals surface area contributed by atoms with Crippen molar-refractivity contribution < 1.29 is 9.90 Å². The average molecular weight is 185 g/mol. The Hall–Kier alpha value is -0.570. The van der Waals surface area contributed by atoms with Gasteiger partial charge in [-0.15, -0.1) is 0 Å². The lowest BCUT2D eigenvalue weighted by atomic mass is 9.86. The molecular weight excluding hydrogens is 166 g/mol. The van der Waals surface area contributed by atoms with Crippen molar-refractivity contribution in [3.05, 3.63) is 0 Å². The van der Waals surface area contributed by atoms with Crippen molar-refractivity contribution >= 4 is 5.97 Å². The van der Waals surface area contributed by atoms with Gasteiger partial charge in [0.15, 0.2) is 0 Å². The van der Waals surface area contributed by atoms with E-state index in [0.717, 1.165) is 6.42 Å². The van der Waals surface area contributed by atoms with Crippen LogP contribution in [0.2, 0.25) is 0 Å². The zero-order valence-corrected chi connectivity index (χ0v) is 8.71. The van der Waals surface area contributed by atoms with Gasteiger partial charge in [0.05, 0.1) is 6.54 Å². The van der Waals surface area contributed by atoms with E-state index in [9.17, 15) is 4.79 Å². The maximum Gasteiger partial charge on any atom is 0.317 e. The third kappa shape index (κ3) is 2.44. The van der Waals surface area contributed by atoms with Crippen LogP contribution in [0.4, 0.5) is 0 Å². The first-order chi connectivity index (χ1) is 5.93. The van der Waals surface area contributed by atoms with Crippen LogP contribution < -0.4 is 0 Å². The summed E-state index contributed by atoms with van der Waals surface area (Å²) in [5.74, 6) is -0.731. The van der Waals surface area contributed by atoms with E-state index in [-0.39, 0.29) is 12.0 Å². The second kappa shape index (κ2) is 3.66. The van der Waals surface area contributed by atoms with E-state index >= 15 is 0 Å². The molecule has 1 unspecified atom stereocenters. The topological polar surface area (TPSA) is 40.5 Å². The van der Waals surface area contributed by atoms with E-state index in [0.29, 0.717) is 6.04 Å². The number of hydrogen-bond donors (Lipinski definition) is 1. The van der Waals surface area contributed by atoms with Gasteiger partial charge in [-0.2, -0.15) is 0 Å². The molecule has 1 aliphatic carbocycles. The quantitative estimate of drug-likeness (QED) is 0.725. The molecule has 13 heavy (non-hydrogen) atoms. The molecule has 0 saturated heterocycles. The van der Waals surface area contributed by atoms with Crippen LogP contribution in [0.3, 0.4) is 0 Å². The molecule has 0 bridgehead atoms. The normalized spacial score (nSPS) is 26.6. The van der Waals surface area contributed by atoms with Gasteiger partial charge >= 0.3 is 5.97 Å². The molecule has 1 N–H and O–H groups in total. The highest BCUT2D eigenvalue weighted by molar-refractivity contribution is 5.69. The minimum Gasteiger partial charge on any atom is -0.480 e. The Morgan fingerprint density at radius 3 is 2.62 bits per heavy atom. The lowest BCUT2D eigenvalue weighted by molar-refractivity contribution is -0.138. The molecule has 1 saturated carbocycles. The third-order valence-electron chi connectivity index (χ3n) is 3.12. The second-order valence-corrected chi connectivity index (χ2v) is 4.71. The predicted molar refractivity (Wildman–Crippen MR) is 51.7 cm³/mol. The van der Waals surface area contributed by atoms with E-state index in [4.69, 9.17) is 5.11 Å². The summed E-state index contributed by atoms with van der Waals surface area (Å²) in [4.78, 5) is 12.5. The van der Waals surface area contributed by atoms with Gasteiger partial charge < -0.3 is 5.11 Å². The van der Waals surface area contributed by atoms with E-state index in [1.165, 1.54) is 12.8 Å². The van der Waals surface area contributed by atoms with Gasteiger partial charge in [0.25, 0.3) is 0 Å². The Bertz CT molecular complexity index is 201. The maximum atomic E-state index is 10.5. The molecule has 0 spiro atoms. The Morgan fingerprint density at radius 2 is 2.23 bits per heavy atom. The van der Waals surface area contributed by atoms with Gasteiger partial charge in [-0.3, -0.25) is 9.69 Å². The molecule has 76 valence electrons. The Morgan fingerprint density at radius 1 is 1.62 bits per heavy atom. The SMILES string of the molecule is CN(CC(=O)O)C1CCCC1(C)C. The molecule has 0 heterocycles. The minimum atomic E-state index is -0.731. The summed E-state index contributed by atoms with van der Waals surface area (Å²) in [6, 6.07) is 0.434. The van der Waals surface area contributed by atoms with Crippen LogP contribution in [-0.4, -0.2) is 35.6 Å². The van der Waals surface area contributed by atoms with Gasteiger partial charge in [-0.05, 0) is 25.3 Å². The average Bonchev–Trinajstić information content (AvgIpc) is 2.27. The Labute approximate surface area is 79.7 Å². The zero-order valence-electron chi connectivity index (χ0n) is 8.71. The van der Waals surface area contributed by atoms with Crippen LogP contribution in [0.25, 0.3) is 0 Å². The fraction of sp³-hybridized carbons (Fsp3) is 0.900. The first-order valence-electron chi connectivity index (χ1n) is 4.85. The number of aliphatic carboxylic acids is 1.